The van der Waals surface area contributed by atoms with Crippen LogP contribution in [-0.4, -0.2) is 19.2 Å². The number of halogens is 1. The van der Waals surface area contributed by atoms with E-state index in [9.17, 15) is 4.79 Å². The highest BCUT2D eigenvalue weighted by Gasteiger charge is 2.08. The summed E-state index contributed by atoms with van der Waals surface area (Å²) < 4.78 is 10.9. The molecule has 2 rings (SSSR count). The third-order valence-electron chi connectivity index (χ3n) is 2.32. The molecule has 5 heteroatoms. The van der Waals surface area contributed by atoms with E-state index in [0.29, 0.717) is 21.5 Å². The first-order valence-electron chi connectivity index (χ1n) is 4.60. The highest BCUT2D eigenvalue weighted by atomic mass is 79.9. The van der Waals surface area contributed by atoms with Crippen molar-refractivity contribution in [3.63, 3.8) is 0 Å². The fraction of sp³-hybridized carbons (Fsp3) is 0.182. The van der Waals surface area contributed by atoms with Gasteiger partial charge >= 0.3 is 0 Å². The zero-order valence-corrected chi connectivity index (χ0v) is 10.4. The summed E-state index contributed by atoms with van der Waals surface area (Å²) in [6, 6.07) is 5.26. The van der Waals surface area contributed by atoms with Crippen molar-refractivity contribution >= 4 is 26.7 Å². The number of benzene rings is 1. The van der Waals surface area contributed by atoms with Crippen molar-refractivity contribution in [2.24, 2.45) is 0 Å². The molecule has 0 radical (unpaired) electrons. The normalized spacial score (nSPS) is 10.4. The molecule has 2 aromatic rings. The summed E-state index contributed by atoms with van der Waals surface area (Å²) in [4.78, 5) is 14.4. The van der Waals surface area contributed by atoms with E-state index in [4.69, 9.17) is 9.47 Å². The van der Waals surface area contributed by atoms with Gasteiger partial charge in [0.1, 0.15) is 0 Å². The number of aromatic nitrogens is 1. The van der Waals surface area contributed by atoms with Gasteiger partial charge in [0.2, 0.25) is 0 Å². The highest BCUT2D eigenvalue weighted by molar-refractivity contribution is 9.10. The summed E-state index contributed by atoms with van der Waals surface area (Å²) >= 11 is 3.24. The first-order valence-corrected chi connectivity index (χ1v) is 5.39. The van der Waals surface area contributed by atoms with E-state index >= 15 is 0 Å². The SMILES string of the molecule is COc1cc2cc(Br)[nH]c(=O)c2cc1OC. The van der Waals surface area contributed by atoms with Gasteiger partial charge in [0, 0.05) is 0 Å². The Morgan fingerprint density at radius 3 is 2.38 bits per heavy atom. The van der Waals surface area contributed by atoms with Crippen molar-refractivity contribution in [3.05, 3.63) is 33.2 Å². The van der Waals surface area contributed by atoms with Gasteiger partial charge in [0.15, 0.2) is 11.5 Å². The van der Waals surface area contributed by atoms with Crippen molar-refractivity contribution in [2.45, 2.75) is 0 Å². The minimum absolute atomic E-state index is 0.162. The van der Waals surface area contributed by atoms with Gasteiger partial charge in [-0.3, -0.25) is 4.79 Å². The van der Waals surface area contributed by atoms with E-state index in [1.807, 2.05) is 6.07 Å². The van der Waals surface area contributed by atoms with E-state index in [1.54, 1.807) is 19.2 Å². The van der Waals surface area contributed by atoms with Crippen LogP contribution in [0, 0.1) is 0 Å². The Balaban J connectivity index is 2.83. The van der Waals surface area contributed by atoms with E-state index in [1.165, 1.54) is 7.11 Å². The van der Waals surface area contributed by atoms with Crippen LogP contribution in [0.25, 0.3) is 10.8 Å². The predicted octanol–water partition coefficient (Wildman–Crippen LogP) is 2.31. The summed E-state index contributed by atoms with van der Waals surface area (Å²) in [7, 11) is 3.10. The monoisotopic (exact) mass is 283 g/mol. The van der Waals surface area contributed by atoms with Crippen LogP contribution >= 0.6 is 15.9 Å². The lowest BCUT2D eigenvalue weighted by molar-refractivity contribution is 0.356. The fourth-order valence-electron chi connectivity index (χ4n) is 1.56. The average molecular weight is 284 g/mol. The number of pyridine rings is 1. The standard InChI is InChI=1S/C11H10BrNO3/c1-15-8-3-6-4-10(12)13-11(14)7(6)5-9(8)16-2/h3-5H,1-2H3,(H,13,14). The second-order valence-corrected chi connectivity index (χ2v) is 4.10. The lowest BCUT2D eigenvalue weighted by Gasteiger charge is -2.08. The minimum atomic E-state index is -0.162. The number of nitrogens with one attached hydrogen (secondary N) is 1. The lowest BCUT2D eigenvalue weighted by Crippen LogP contribution is -2.06. The predicted molar refractivity (Wildman–Crippen MR) is 65.4 cm³/mol. The molecule has 0 unspecified atom stereocenters. The van der Waals surface area contributed by atoms with Crippen LogP contribution in [0.3, 0.4) is 0 Å². The van der Waals surface area contributed by atoms with Gasteiger partial charge in [0.25, 0.3) is 5.56 Å². The lowest BCUT2D eigenvalue weighted by atomic mass is 10.1. The first-order chi connectivity index (χ1) is 7.65. The average Bonchev–Trinajstić information content (AvgIpc) is 2.27. The number of hydrogen-bond acceptors (Lipinski definition) is 3. The van der Waals surface area contributed by atoms with Crippen LogP contribution in [0.2, 0.25) is 0 Å². The Labute approximate surface area is 100 Å². The topological polar surface area (TPSA) is 51.3 Å². The largest absolute Gasteiger partial charge is 0.493 e. The van der Waals surface area contributed by atoms with Crippen LogP contribution in [0.15, 0.2) is 27.6 Å². The van der Waals surface area contributed by atoms with E-state index in [-0.39, 0.29) is 5.56 Å². The summed E-state index contributed by atoms with van der Waals surface area (Å²) in [5.74, 6) is 1.15. The van der Waals surface area contributed by atoms with E-state index < -0.39 is 0 Å². The molecule has 0 aliphatic rings. The number of H-pyrrole nitrogens is 1. The maximum atomic E-state index is 11.7. The molecule has 1 heterocycles. The van der Waals surface area contributed by atoms with Crippen LogP contribution < -0.4 is 15.0 Å². The summed E-state index contributed by atoms with van der Waals surface area (Å²) in [6.45, 7) is 0. The Morgan fingerprint density at radius 2 is 1.75 bits per heavy atom. The number of rotatable bonds is 2. The first kappa shape index (κ1) is 11.0. The van der Waals surface area contributed by atoms with Crippen molar-refractivity contribution in [2.75, 3.05) is 14.2 Å². The minimum Gasteiger partial charge on any atom is -0.493 e. The molecule has 0 bridgehead atoms. The van der Waals surface area contributed by atoms with Gasteiger partial charge in [0.05, 0.1) is 24.2 Å². The van der Waals surface area contributed by atoms with Crippen LogP contribution in [0.1, 0.15) is 0 Å². The third-order valence-corrected chi connectivity index (χ3v) is 2.74. The maximum Gasteiger partial charge on any atom is 0.256 e. The van der Waals surface area contributed by atoms with Gasteiger partial charge in [-0.05, 0) is 39.5 Å². The maximum absolute atomic E-state index is 11.7. The Kier molecular flexibility index (Phi) is 2.87. The molecule has 16 heavy (non-hydrogen) atoms. The molecular formula is C11H10BrNO3. The number of aromatic amines is 1. The van der Waals surface area contributed by atoms with Gasteiger partial charge in [-0.1, -0.05) is 0 Å². The second-order valence-electron chi connectivity index (χ2n) is 3.24. The number of hydrogen-bond donors (Lipinski definition) is 1. The number of fused-ring (bicyclic) bond motifs is 1. The molecule has 1 aromatic carbocycles. The highest BCUT2D eigenvalue weighted by Crippen LogP contribution is 2.31. The Bertz CT molecular complexity index is 592. The van der Waals surface area contributed by atoms with Crippen LogP contribution in [0.5, 0.6) is 11.5 Å². The van der Waals surface area contributed by atoms with Crippen molar-refractivity contribution in [1.82, 2.24) is 4.98 Å². The molecule has 84 valence electrons. The Hall–Kier alpha value is -1.49. The third kappa shape index (κ3) is 1.78. The summed E-state index contributed by atoms with van der Waals surface area (Å²) in [5, 5.41) is 1.37. The number of ether oxygens (including phenoxy) is 2. The van der Waals surface area contributed by atoms with E-state index in [0.717, 1.165) is 5.39 Å². The van der Waals surface area contributed by atoms with E-state index in [2.05, 4.69) is 20.9 Å². The molecule has 1 aromatic heterocycles. The molecule has 0 aliphatic carbocycles. The summed E-state index contributed by atoms with van der Waals surface area (Å²) in [6.07, 6.45) is 0. The van der Waals surface area contributed by atoms with Crippen LogP contribution in [0.4, 0.5) is 0 Å². The zero-order valence-electron chi connectivity index (χ0n) is 8.83. The van der Waals surface area contributed by atoms with Crippen molar-refractivity contribution in [3.8, 4) is 11.5 Å². The molecule has 0 atom stereocenters. The molecule has 0 spiro atoms. The molecule has 4 nitrogen and oxygen atoms in total. The molecule has 1 N–H and O–H groups in total. The second kappa shape index (κ2) is 4.17. The molecular weight excluding hydrogens is 274 g/mol. The van der Waals surface area contributed by atoms with Crippen molar-refractivity contribution < 1.29 is 9.47 Å². The van der Waals surface area contributed by atoms with Gasteiger partial charge in [-0.25, -0.2) is 0 Å². The van der Waals surface area contributed by atoms with Gasteiger partial charge in [-0.15, -0.1) is 0 Å². The van der Waals surface area contributed by atoms with Gasteiger partial charge in [-0.2, -0.15) is 0 Å². The number of methoxy groups -OCH3 is 2. The van der Waals surface area contributed by atoms with Gasteiger partial charge < -0.3 is 14.5 Å². The smallest absolute Gasteiger partial charge is 0.256 e. The Morgan fingerprint density at radius 1 is 1.12 bits per heavy atom. The zero-order chi connectivity index (χ0) is 11.7. The fourth-order valence-corrected chi connectivity index (χ4v) is 1.99. The molecule has 0 aliphatic heterocycles. The molecule has 0 saturated heterocycles. The van der Waals surface area contributed by atoms with Crippen molar-refractivity contribution in [1.29, 1.82) is 0 Å². The molecule has 0 amide bonds. The summed E-state index contributed by atoms with van der Waals surface area (Å²) in [5.41, 5.74) is -0.162. The molecule has 0 saturated carbocycles. The van der Waals surface area contributed by atoms with Crippen LogP contribution in [-0.2, 0) is 0 Å². The molecule has 0 fully saturated rings. The quantitative estimate of drug-likeness (QED) is 0.861.